The number of benzene rings is 1. The second-order valence-corrected chi connectivity index (χ2v) is 6.46. The van der Waals surface area contributed by atoms with Crippen molar-refractivity contribution >= 4 is 33.2 Å². The first-order valence-corrected chi connectivity index (χ1v) is 7.39. The molecule has 18 heavy (non-hydrogen) atoms. The Kier molecular flexibility index (Phi) is 3.25. The molecular weight excluding hydrogens is 272 g/mol. The lowest BCUT2D eigenvalue weighted by Gasteiger charge is -2.06. The predicted octanol–water partition coefficient (Wildman–Crippen LogP) is 1.68. The largest absolute Gasteiger partial charge is 0.373 e. The van der Waals surface area contributed by atoms with Gasteiger partial charge in [0.25, 0.3) is 9.05 Å². The minimum absolute atomic E-state index is 0.0571. The summed E-state index contributed by atoms with van der Waals surface area (Å²) in [5.74, 6) is 0. The molecule has 0 saturated heterocycles. The number of aryl methyl sites for hydroxylation is 2. The maximum absolute atomic E-state index is 11.4. The number of hydrogen-bond acceptors (Lipinski definition) is 4. The summed E-state index contributed by atoms with van der Waals surface area (Å²) in [5, 5.41) is 3.72. The van der Waals surface area contributed by atoms with E-state index in [4.69, 9.17) is 23.1 Å². The molecule has 1 aromatic carbocycles. The Bertz CT molecular complexity index is 690. The van der Waals surface area contributed by atoms with Crippen LogP contribution in [0.2, 0.25) is 0 Å². The van der Waals surface area contributed by atoms with Crippen molar-refractivity contribution in [3.05, 3.63) is 29.5 Å². The average molecular weight is 282 g/mol. The number of nitrogens with zero attached hydrogens (tertiary/aromatic N) is 1. The van der Waals surface area contributed by atoms with Crippen LogP contribution in [0.4, 0.5) is 0 Å². The van der Waals surface area contributed by atoms with Crippen LogP contribution in [-0.4, -0.2) is 21.4 Å². The van der Waals surface area contributed by atoms with Gasteiger partial charge in [0.05, 0.1) is 16.2 Å². The molecule has 1 aromatic heterocycles. The molecule has 0 fully saturated rings. The molecule has 0 atom stereocenters. The first-order valence-electron chi connectivity index (χ1n) is 5.08. The Morgan fingerprint density at radius 2 is 2.00 bits per heavy atom. The van der Waals surface area contributed by atoms with Crippen molar-refractivity contribution in [1.29, 1.82) is 0 Å². The second kappa shape index (κ2) is 4.44. The topological polar surface area (TPSA) is 60.2 Å². The summed E-state index contributed by atoms with van der Waals surface area (Å²) in [7, 11) is 7.25. The third-order valence-electron chi connectivity index (χ3n) is 2.63. The molecule has 0 bridgehead atoms. The molecule has 0 spiro atoms. The fourth-order valence-corrected chi connectivity index (χ4v) is 2.98. The molecular formula is C11H9BClNO3S. The molecule has 2 radical (unpaired) electrons. The molecule has 0 aliphatic carbocycles. The molecule has 0 unspecified atom stereocenters. The number of hydrogen-bond donors (Lipinski definition) is 0. The van der Waals surface area contributed by atoms with Gasteiger partial charge in [0.15, 0.2) is 7.85 Å². The minimum atomic E-state index is -3.79. The number of halogens is 1. The van der Waals surface area contributed by atoms with E-state index in [1.165, 1.54) is 6.07 Å². The second-order valence-electron chi connectivity index (χ2n) is 3.93. The predicted molar refractivity (Wildman–Crippen MR) is 69.8 cm³/mol. The van der Waals surface area contributed by atoms with Crippen molar-refractivity contribution in [3.8, 4) is 11.1 Å². The molecule has 7 heteroatoms. The van der Waals surface area contributed by atoms with Crippen molar-refractivity contribution in [3.63, 3.8) is 0 Å². The Labute approximate surface area is 111 Å². The van der Waals surface area contributed by atoms with Crippen molar-refractivity contribution in [2.45, 2.75) is 18.7 Å². The van der Waals surface area contributed by atoms with Gasteiger partial charge in [-0.05, 0) is 31.0 Å². The van der Waals surface area contributed by atoms with Crippen molar-refractivity contribution < 1.29 is 12.9 Å². The van der Waals surface area contributed by atoms with Crippen LogP contribution in [0.25, 0.3) is 11.1 Å². The van der Waals surface area contributed by atoms with Crippen LogP contribution < -0.4 is 5.66 Å². The molecule has 4 nitrogen and oxygen atoms in total. The Morgan fingerprint density at radius 3 is 2.50 bits per heavy atom. The third kappa shape index (κ3) is 2.30. The summed E-state index contributed by atoms with van der Waals surface area (Å²) in [6.07, 6.45) is 0. The molecule has 2 rings (SSSR count). The van der Waals surface area contributed by atoms with Gasteiger partial charge in [0.1, 0.15) is 0 Å². The van der Waals surface area contributed by atoms with Crippen LogP contribution in [0.3, 0.4) is 0 Å². The maximum Gasteiger partial charge on any atom is 0.261 e. The van der Waals surface area contributed by atoms with E-state index in [0.29, 0.717) is 22.4 Å². The van der Waals surface area contributed by atoms with Crippen LogP contribution in [0.1, 0.15) is 11.3 Å². The van der Waals surface area contributed by atoms with Crippen molar-refractivity contribution in [2.24, 2.45) is 0 Å². The zero-order valence-electron chi connectivity index (χ0n) is 9.77. The quantitative estimate of drug-likeness (QED) is 0.621. The van der Waals surface area contributed by atoms with Crippen molar-refractivity contribution in [1.82, 2.24) is 5.16 Å². The van der Waals surface area contributed by atoms with Crippen LogP contribution in [0, 0.1) is 13.8 Å². The zero-order valence-corrected chi connectivity index (χ0v) is 11.3. The Hall–Kier alpha value is -1.27. The van der Waals surface area contributed by atoms with Gasteiger partial charge in [-0.1, -0.05) is 17.3 Å². The summed E-state index contributed by atoms with van der Waals surface area (Å²) >= 11 is 0. The maximum atomic E-state index is 11.4. The smallest absolute Gasteiger partial charge is 0.261 e. The Balaban J connectivity index is 2.69. The molecule has 0 saturated carbocycles. The van der Waals surface area contributed by atoms with E-state index in [1.54, 1.807) is 26.0 Å². The standard InChI is InChI=1S/C11H9BClNO3S/c1-6-3-4-8(5-9(6)18(13,15)16)10-7(2)14-17-11(10)12/h3-5H,1-2H3. The molecule has 0 aliphatic heterocycles. The lowest BCUT2D eigenvalue weighted by Crippen LogP contribution is -2.03. The van der Waals surface area contributed by atoms with Gasteiger partial charge in [-0.2, -0.15) is 0 Å². The summed E-state index contributed by atoms with van der Waals surface area (Å²) < 4.78 is 27.7. The van der Waals surface area contributed by atoms with Crippen molar-refractivity contribution in [2.75, 3.05) is 0 Å². The summed E-state index contributed by atoms with van der Waals surface area (Å²) in [6, 6.07) is 4.88. The highest BCUT2D eigenvalue weighted by atomic mass is 35.7. The molecule has 0 amide bonds. The molecule has 2 aromatic rings. The van der Waals surface area contributed by atoms with Gasteiger partial charge in [-0.25, -0.2) is 8.42 Å². The fraction of sp³-hybridized carbons (Fsp3) is 0.182. The van der Waals surface area contributed by atoms with Crippen LogP contribution in [0.5, 0.6) is 0 Å². The van der Waals surface area contributed by atoms with E-state index in [-0.39, 0.29) is 10.6 Å². The normalized spacial score (nSPS) is 11.7. The van der Waals surface area contributed by atoms with E-state index in [9.17, 15) is 8.42 Å². The van der Waals surface area contributed by atoms with E-state index in [0.717, 1.165) is 0 Å². The zero-order chi connectivity index (χ0) is 13.5. The van der Waals surface area contributed by atoms with Gasteiger partial charge < -0.3 is 4.52 Å². The van der Waals surface area contributed by atoms with Gasteiger partial charge in [-0.15, -0.1) is 0 Å². The highest BCUT2D eigenvalue weighted by Gasteiger charge is 2.17. The minimum Gasteiger partial charge on any atom is -0.373 e. The third-order valence-corrected chi connectivity index (χ3v) is 4.09. The van der Waals surface area contributed by atoms with Crippen LogP contribution in [-0.2, 0) is 9.05 Å². The van der Waals surface area contributed by atoms with Gasteiger partial charge in [0.2, 0.25) is 0 Å². The van der Waals surface area contributed by atoms with E-state index >= 15 is 0 Å². The van der Waals surface area contributed by atoms with Gasteiger partial charge in [-0.3, -0.25) is 0 Å². The molecule has 1 heterocycles. The highest BCUT2D eigenvalue weighted by molar-refractivity contribution is 8.13. The summed E-state index contributed by atoms with van der Waals surface area (Å²) in [5.41, 5.74) is 2.50. The first-order chi connectivity index (χ1) is 8.30. The van der Waals surface area contributed by atoms with E-state index < -0.39 is 9.05 Å². The van der Waals surface area contributed by atoms with Crippen LogP contribution in [0.15, 0.2) is 27.6 Å². The Morgan fingerprint density at radius 1 is 1.33 bits per heavy atom. The molecule has 0 N–H and O–H groups in total. The molecule has 0 aliphatic rings. The lowest BCUT2D eigenvalue weighted by molar-refractivity contribution is 0.440. The number of rotatable bonds is 2. The summed E-state index contributed by atoms with van der Waals surface area (Å²) in [6.45, 7) is 3.40. The SMILES string of the molecule is [B]c1onc(C)c1-c1ccc(C)c(S(=O)(=O)Cl)c1. The van der Waals surface area contributed by atoms with Gasteiger partial charge in [0, 0.05) is 16.2 Å². The van der Waals surface area contributed by atoms with Gasteiger partial charge >= 0.3 is 0 Å². The fourth-order valence-electron chi connectivity index (χ4n) is 1.76. The van der Waals surface area contributed by atoms with E-state index in [2.05, 4.69) is 5.16 Å². The monoisotopic (exact) mass is 281 g/mol. The van der Waals surface area contributed by atoms with Crippen LogP contribution >= 0.6 is 10.7 Å². The first kappa shape index (κ1) is 13.2. The lowest BCUT2D eigenvalue weighted by atomic mass is 9.93. The number of aromatic nitrogens is 1. The highest BCUT2D eigenvalue weighted by Crippen LogP contribution is 2.27. The molecule has 92 valence electrons. The van der Waals surface area contributed by atoms with E-state index in [1.807, 2.05) is 0 Å². The summed E-state index contributed by atoms with van der Waals surface area (Å²) in [4.78, 5) is 0.0571. The average Bonchev–Trinajstić information content (AvgIpc) is 2.58.